The quantitative estimate of drug-likeness (QED) is 0.551. The molecule has 1 aromatic heterocycles. The Morgan fingerprint density at radius 3 is 2.18 bits per heavy atom. The molecule has 2 unspecified atom stereocenters. The summed E-state index contributed by atoms with van der Waals surface area (Å²) >= 11 is 0. The fourth-order valence-corrected chi connectivity index (χ4v) is 2.75. The average molecular weight is 382 g/mol. The first-order valence-corrected chi connectivity index (χ1v) is 9.77. The van der Waals surface area contributed by atoms with Gasteiger partial charge in [0.25, 0.3) is 0 Å². The van der Waals surface area contributed by atoms with Crippen LogP contribution >= 0.6 is 0 Å². The molecule has 0 aliphatic heterocycles. The summed E-state index contributed by atoms with van der Waals surface area (Å²) in [6, 6.07) is 15.0. The van der Waals surface area contributed by atoms with E-state index in [-0.39, 0.29) is 0 Å². The molecule has 0 aliphatic rings. The Morgan fingerprint density at radius 2 is 1.50 bits per heavy atom. The number of aromatic nitrogens is 1. The molecular formula is C23H31N3O2. The molecule has 2 atom stereocenters. The van der Waals surface area contributed by atoms with Crippen LogP contribution < -0.4 is 9.47 Å². The van der Waals surface area contributed by atoms with Crippen molar-refractivity contribution in [3.63, 3.8) is 0 Å². The summed E-state index contributed by atoms with van der Waals surface area (Å²) in [5.41, 5.74) is 1.84. The summed E-state index contributed by atoms with van der Waals surface area (Å²) < 4.78 is 12.0. The lowest BCUT2D eigenvalue weighted by atomic mass is 10.1. The second-order valence-corrected chi connectivity index (χ2v) is 7.92. The second-order valence-electron chi connectivity index (χ2n) is 7.92. The number of pyridine rings is 1. The average Bonchev–Trinajstić information content (AvgIpc) is 2.68. The van der Waals surface area contributed by atoms with Gasteiger partial charge in [0, 0.05) is 22.9 Å². The Labute approximate surface area is 167 Å². The van der Waals surface area contributed by atoms with Gasteiger partial charge in [0.2, 0.25) is 0 Å². The Balaban J connectivity index is 1.86. The van der Waals surface area contributed by atoms with Crippen molar-refractivity contribution in [1.82, 2.24) is 14.8 Å². The number of hydrogen-bond acceptors (Lipinski definition) is 5. The first kappa shape index (κ1) is 20.4. The molecule has 1 heterocycles. The van der Waals surface area contributed by atoms with Gasteiger partial charge in [-0.15, -0.1) is 0 Å². The molecule has 5 heteroatoms. The fourth-order valence-electron chi connectivity index (χ4n) is 2.75. The number of benzene rings is 2. The normalized spacial score (nSPS) is 14.0. The van der Waals surface area contributed by atoms with Gasteiger partial charge in [0.05, 0.1) is 5.52 Å². The number of para-hydroxylation sites is 1. The van der Waals surface area contributed by atoms with Gasteiger partial charge in [-0.1, -0.05) is 12.1 Å². The van der Waals surface area contributed by atoms with E-state index in [0.29, 0.717) is 25.3 Å². The van der Waals surface area contributed by atoms with E-state index < -0.39 is 0 Å². The largest absolute Gasteiger partial charge is 0.492 e. The topological polar surface area (TPSA) is 37.8 Å². The summed E-state index contributed by atoms with van der Waals surface area (Å²) in [4.78, 5) is 9.16. The molecule has 0 bridgehead atoms. The second kappa shape index (κ2) is 8.76. The van der Waals surface area contributed by atoms with Crippen LogP contribution in [-0.4, -0.2) is 68.3 Å². The van der Waals surface area contributed by atoms with Crippen LogP contribution in [0, 0.1) is 0 Å². The summed E-state index contributed by atoms with van der Waals surface area (Å²) in [6.07, 6.45) is 0. The Hall–Kier alpha value is -2.37. The molecule has 0 spiro atoms. The van der Waals surface area contributed by atoms with Crippen LogP contribution in [0.1, 0.15) is 13.8 Å². The van der Waals surface area contributed by atoms with Crippen molar-refractivity contribution in [2.24, 2.45) is 0 Å². The van der Waals surface area contributed by atoms with E-state index in [2.05, 4.69) is 70.0 Å². The zero-order valence-electron chi connectivity index (χ0n) is 17.8. The highest BCUT2D eigenvalue weighted by Crippen LogP contribution is 2.29. The van der Waals surface area contributed by atoms with Crippen molar-refractivity contribution in [1.29, 1.82) is 0 Å². The molecule has 150 valence electrons. The molecular weight excluding hydrogens is 350 g/mol. The molecule has 3 aromatic rings. The third kappa shape index (κ3) is 4.72. The Morgan fingerprint density at radius 1 is 0.821 bits per heavy atom. The minimum absolute atomic E-state index is 0.333. The number of fused-ring (bicyclic) bond motifs is 2. The van der Waals surface area contributed by atoms with Gasteiger partial charge in [0.1, 0.15) is 30.2 Å². The van der Waals surface area contributed by atoms with Crippen molar-refractivity contribution in [3.8, 4) is 11.5 Å². The molecule has 3 rings (SSSR count). The van der Waals surface area contributed by atoms with E-state index in [4.69, 9.17) is 14.5 Å². The zero-order valence-corrected chi connectivity index (χ0v) is 17.8. The van der Waals surface area contributed by atoms with Crippen molar-refractivity contribution in [3.05, 3.63) is 42.5 Å². The van der Waals surface area contributed by atoms with Crippen LogP contribution in [0.2, 0.25) is 0 Å². The number of hydrogen-bond donors (Lipinski definition) is 0. The molecule has 0 amide bonds. The molecule has 0 saturated carbocycles. The smallest absolute Gasteiger partial charge is 0.145 e. The fraction of sp³-hybridized carbons (Fsp3) is 0.435. The van der Waals surface area contributed by atoms with Crippen LogP contribution in [-0.2, 0) is 0 Å². The lowest BCUT2D eigenvalue weighted by Crippen LogP contribution is -2.30. The summed E-state index contributed by atoms with van der Waals surface area (Å²) in [5.74, 6) is 1.70. The number of ether oxygens (including phenoxy) is 2. The highest BCUT2D eigenvalue weighted by atomic mass is 16.5. The minimum atomic E-state index is 0.333. The molecule has 28 heavy (non-hydrogen) atoms. The Kier molecular flexibility index (Phi) is 6.37. The van der Waals surface area contributed by atoms with Crippen LogP contribution in [0.5, 0.6) is 11.5 Å². The monoisotopic (exact) mass is 381 g/mol. The Bertz CT molecular complexity index is 939. The number of rotatable bonds is 8. The SMILES string of the molecule is CC(COc1ccc2nc3c(OCC(C)N(C)C)cccc3cc2c1)N(C)C. The van der Waals surface area contributed by atoms with Crippen molar-refractivity contribution in [2.45, 2.75) is 25.9 Å². The third-order valence-electron chi connectivity index (χ3n) is 5.31. The predicted molar refractivity (Wildman–Crippen MR) is 117 cm³/mol. The first-order valence-electron chi connectivity index (χ1n) is 9.77. The number of likely N-dealkylation sites (N-methyl/N-ethyl adjacent to an activating group) is 2. The van der Waals surface area contributed by atoms with E-state index >= 15 is 0 Å². The van der Waals surface area contributed by atoms with Crippen molar-refractivity contribution in [2.75, 3.05) is 41.4 Å². The standard InChI is InChI=1S/C23H31N3O2/c1-16(25(3)4)14-27-20-10-11-21-19(13-20)12-18-8-7-9-22(23(18)24-21)28-15-17(2)26(5)6/h7-13,16-17H,14-15H2,1-6H3. The van der Waals surface area contributed by atoms with Crippen molar-refractivity contribution >= 4 is 21.8 Å². The van der Waals surface area contributed by atoms with Gasteiger partial charge in [-0.2, -0.15) is 0 Å². The molecule has 0 saturated heterocycles. The predicted octanol–water partition coefficient (Wildman–Crippen LogP) is 4.05. The van der Waals surface area contributed by atoms with Crippen LogP contribution in [0.3, 0.4) is 0 Å². The molecule has 0 aliphatic carbocycles. The maximum atomic E-state index is 6.07. The lowest BCUT2D eigenvalue weighted by molar-refractivity contribution is 0.198. The van der Waals surface area contributed by atoms with Gasteiger partial charge < -0.3 is 19.3 Å². The van der Waals surface area contributed by atoms with E-state index in [1.165, 1.54) is 0 Å². The minimum Gasteiger partial charge on any atom is -0.492 e. The van der Waals surface area contributed by atoms with Crippen molar-refractivity contribution < 1.29 is 9.47 Å². The van der Waals surface area contributed by atoms with Gasteiger partial charge in [-0.05, 0) is 72.4 Å². The van der Waals surface area contributed by atoms with E-state index in [9.17, 15) is 0 Å². The molecule has 5 nitrogen and oxygen atoms in total. The molecule has 0 radical (unpaired) electrons. The van der Waals surface area contributed by atoms with Crippen LogP contribution in [0.25, 0.3) is 21.8 Å². The molecule has 0 N–H and O–H groups in total. The third-order valence-corrected chi connectivity index (χ3v) is 5.31. The maximum Gasteiger partial charge on any atom is 0.145 e. The molecule has 2 aromatic carbocycles. The molecule has 0 fully saturated rings. The zero-order chi connectivity index (χ0) is 20.3. The van der Waals surface area contributed by atoms with Gasteiger partial charge in [-0.25, -0.2) is 4.98 Å². The van der Waals surface area contributed by atoms with E-state index in [1.54, 1.807) is 0 Å². The number of nitrogens with zero attached hydrogens (tertiary/aromatic N) is 3. The summed E-state index contributed by atoms with van der Waals surface area (Å²) in [7, 11) is 8.23. The highest BCUT2D eigenvalue weighted by Gasteiger charge is 2.11. The van der Waals surface area contributed by atoms with Crippen LogP contribution in [0.15, 0.2) is 42.5 Å². The lowest BCUT2D eigenvalue weighted by Gasteiger charge is -2.20. The van der Waals surface area contributed by atoms with Gasteiger partial charge in [-0.3, -0.25) is 0 Å². The maximum absolute atomic E-state index is 6.07. The van der Waals surface area contributed by atoms with Gasteiger partial charge in [0.15, 0.2) is 0 Å². The van der Waals surface area contributed by atoms with E-state index in [0.717, 1.165) is 33.3 Å². The first-order chi connectivity index (χ1) is 13.3. The summed E-state index contributed by atoms with van der Waals surface area (Å²) in [5, 5.41) is 2.14. The van der Waals surface area contributed by atoms with Crippen LogP contribution in [0.4, 0.5) is 0 Å². The van der Waals surface area contributed by atoms with Gasteiger partial charge >= 0.3 is 0 Å². The summed E-state index contributed by atoms with van der Waals surface area (Å²) in [6.45, 7) is 5.58. The van der Waals surface area contributed by atoms with E-state index in [1.807, 2.05) is 24.3 Å². The highest BCUT2D eigenvalue weighted by molar-refractivity contribution is 5.95.